The Morgan fingerprint density at radius 2 is 1.61 bits per heavy atom. The number of hydrogen-bond acceptors (Lipinski definition) is 7. The van der Waals surface area contributed by atoms with Gasteiger partial charge in [0.25, 0.3) is 5.91 Å². The number of nitrogens with zero attached hydrogens (tertiary/aromatic N) is 3. The number of benzene rings is 3. The molecule has 0 radical (unpaired) electrons. The van der Waals surface area contributed by atoms with E-state index in [9.17, 15) is 4.79 Å². The third kappa shape index (κ3) is 5.01. The number of hydrogen-bond donors (Lipinski definition) is 1. The van der Waals surface area contributed by atoms with Gasteiger partial charge in [0.1, 0.15) is 24.0 Å². The summed E-state index contributed by atoms with van der Waals surface area (Å²) in [7, 11) is 1.60. The molecule has 0 aliphatic carbocycles. The molecule has 1 amide bonds. The predicted molar refractivity (Wildman–Crippen MR) is 141 cm³/mol. The molecule has 0 saturated heterocycles. The van der Waals surface area contributed by atoms with Crippen molar-refractivity contribution in [3.63, 3.8) is 0 Å². The highest BCUT2D eigenvalue weighted by molar-refractivity contribution is 8.27. The topological polar surface area (TPSA) is 96.6 Å². The average molecular weight is 499 g/mol. The van der Waals surface area contributed by atoms with Gasteiger partial charge in [-0.1, -0.05) is 54.6 Å². The van der Waals surface area contributed by atoms with E-state index in [0.717, 1.165) is 11.1 Å². The number of amidine groups is 2. The number of aliphatic imine (C=N–C) groups is 1. The second kappa shape index (κ2) is 10.5. The van der Waals surface area contributed by atoms with Crippen LogP contribution >= 0.6 is 11.8 Å². The van der Waals surface area contributed by atoms with Gasteiger partial charge >= 0.3 is 0 Å². The van der Waals surface area contributed by atoms with Crippen molar-refractivity contribution in [2.24, 2.45) is 10.1 Å². The number of amides is 1. The summed E-state index contributed by atoms with van der Waals surface area (Å²) < 4.78 is 16.7. The third-order valence-corrected chi connectivity index (χ3v) is 6.30. The minimum absolute atomic E-state index is 0.00255. The number of rotatable bonds is 8. The third-order valence-electron chi connectivity index (χ3n) is 5.35. The van der Waals surface area contributed by atoms with Crippen molar-refractivity contribution in [2.45, 2.75) is 0 Å². The molecule has 2 aliphatic rings. The first-order chi connectivity index (χ1) is 17.6. The van der Waals surface area contributed by atoms with E-state index in [1.807, 2.05) is 66.7 Å². The Hall–Kier alpha value is -4.37. The van der Waals surface area contributed by atoms with Gasteiger partial charge in [-0.15, -0.1) is 0 Å². The Labute approximate surface area is 212 Å². The molecule has 0 fully saturated rings. The van der Waals surface area contributed by atoms with E-state index in [4.69, 9.17) is 19.6 Å². The second-order valence-electron chi connectivity index (χ2n) is 7.71. The fraction of sp³-hybridized carbons (Fsp3) is 0.111. The highest BCUT2D eigenvalue weighted by Gasteiger charge is 2.35. The standard InChI is InChI=1S/C27H22N4O4S/c1-33-22-9-5-6-10-23(22)35-16-15-34-20-13-11-18(12-14-20)17-21-24(28)31-27(29-25(21)32)36-26(30-31)19-7-3-2-4-8-19/h2-14,17,28H,15-16H2,1H3/b21-17-,28-24?. The zero-order valence-electron chi connectivity index (χ0n) is 19.4. The summed E-state index contributed by atoms with van der Waals surface area (Å²) in [6.45, 7) is 0.713. The predicted octanol–water partition coefficient (Wildman–Crippen LogP) is 4.82. The summed E-state index contributed by atoms with van der Waals surface area (Å²) in [6, 6.07) is 24.3. The van der Waals surface area contributed by atoms with E-state index >= 15 is 0 Å². The lowest BCUT2D eigenvalue weighted by molar-refractivity contribution is -0.114. The number of para-hydroxylation sites is 2. The van der Waals surface area contributed by atoms with E-state index in [1.165, 1.54) is 16.8 Å². The second-order valence-corrected chi connectivity index (χ2v) is 8.66. The van der Waals surface area contributed by atoms with E-state index in [-0.39, 0.29) is 11.4 Å². The number of carbonyl (C=O) groups excluding carboxylic acids is 1. The van der Waals surface area contributed by atoms with Gasteiger partial charge in [0.15, 0.2) is 17.3 Å². The zero-order chi connectivity index (χ0) is 24.9. The van der Waals surface area contributed by atoms with Crippen molar-refractivity contribution in [2.75, 3.05) is 20.3 Å². The molecule has 1 N–H and O–H groups in total. The Morgan fingerprint density at radius 1 is 0.917 bits per heavy atom. The molecular weight excluding hydrogens is 476 g/mol. The molecule has 8 nitrogen and oxygen atoms in total. The van der Waals surface area contributed by atoms with Crippen LogP contribution in [0.25, 0.3) is 6.08 Å². The first kappa shape index (κ1) is 23.4. The number of ether oxygens (including phenoxy) is 3. The van der Waals surface area contributed by atoms with Crippen molar-refractivity contribution in [3.8, 4) is 17.2 Å². The van der Waals surface area contributed by atoms with Gasteiger partial charge in [0, 0.05) is 5.56 Å². The molecule has 3 aromatic carbocycles. The normalized spacial score (nSPS) is 15.9. The number of carbonyl (C=O) groups is 1. The van der Waals surface area contributed by atoms with Crippen molar-refractivity contribution in [3.05, 3.63) is 95.6 Å². The van der Waals surface area contributed by atoms with E-state index in [1.54, 1.807) is 25.3 Å². The summed E-state index contributed by atoms with van der Waals surface area (Å²) in [4.78, 5) is 16.8. The van der Waals surface area contributed by atoms with Crippen molar-refractivity contribution < 1.29 is 19.0 Å². The molecule has 2 heterocycles. The lowest BCUT2D eigenvalue weighted by atomic mass is 10.1. The molecule has 36 heavy (non-hydrogen) atoms. The Bertz CT molecular complexity index is 1380. The average Bonchev–Trinajstić information content (AvgIpc) is 3.35. The van der Waals surface area contributed by atoms with Crippen LogP contribution in [0.2, 0.25) is 0 Å². The van der Waals surface area contributed by atoms with Gasteiger partial charge in [-0.05, 0) is 47.7 Å². The van der Waals surface area contributed by atoms with Gasteiger partial charge < -0.3 is 14.2 Å². The smallest absolute Gasteiger partial charge is 0.283 e. The minimum Gasteiger partial charge on any atom is -0.493 e. The molecule has 0 atom stereocenters. The molecule has 0 saturated carbocycles. The monoisotopic (exact) mass is 498 g/mol. The Kier molecular flexibility index (Phi) is 6.81. The molecule has 3 aromatic rings. The molecule has 0 aromatic heterocycles. The fourth-order valence-corrected chi connectivity index (χ4v) is 4.46. The molecule has 0 bridgehead atoms. The van der Waals surface area contributed by atoms with Crippen LogP contribution in [0, 0.1) is 5.41 Å². The maximum Gasteiger partial charge on any atom is 0.283 e. The van der Waals surface area contributed by atoms with Crippen LogP contribution < -0.4 is 14.2 Å². The van der Waals surface area contributed by atoms with Crippen LogP contribution in [0.4, 0.5) is 0 Å². The van der Waals surface area contributed by atoms with Gasteiger partial charge in [-0.2, -0.15) is 15.1 Å². The van der Waals surface area contributed by atoms with Crippen LogP contribution in [-0.2, 0) is 4.79 Å². The molecule has 2 aliphatic heterocycles. The molecule has 0 unspecified atom stereocenters. The Morgan fingerprint density at radius 3 is 2.36 bits per heavy atom. The molecule has 9 heteroatoms. The SMILES string of the molecule is COc1ccccc1OCCOc1ccc(/C=C2/C(=N)N3N=C(c4ccccc4)SC3=NC2=O)cc1. The summed E-state index contributed by atoms with van der Waals surface area (Å²) in [5.74, 6) is 1.53. The van der Waals surface area contributed by atoms with Gasteiger partial charge in [-0.3, -0.25) is 10.2 Å². The Balaban J connectivity index is 1.22. The zero-order valence-corrected chi connectivity index (χ0v) is 20.2. The van der Waals surface area contributed by atoms with E-state index in [0.29, 0.717) is 40.7 Å². The van der Waals surface area contributed by atoms with Gasteiger partial charge in [0.2, 0.25) is 5.17 Å². The number of thioether (sulfide) groups is 1. The number of nitrogens with one attached hydrogen (secondary N) is 1. The van der Waals surface area contributed by atoms with Gasteiger partial charge in [-0.25, -0.2) is 0 Å². The maximum atomic E-state index is 12.7. The summed E-state index contributed by atoms with van der Waals surface area (Å²) >= 11 is 1.28. The molecule has 0 spiro atoms. The van der Waals surface area contributed by atoms with Crippen LogP contribution in [0.1, 0.15) is 11.1 Å². The molecule has 5 rings (SSSR count). The van der Waals surface area contributed by atoms with Crippen LogP contribution in [0.5, 0.6) is 17.2 Å². The van der Waals surface area contributed by atoms with E-state index in [2.05, 4.69) is 10.1 Å². The fourth-order valence-electron chi connectivity index (χ4n) is 3.57. The van der Waals surface area contributed by atoms with Crippen molar-refractivity contribution in [1.82, 2.24) is 5.01 Å². The summed E-state index contributed by atoms with van der Waals surface area (Å²) in [5.41, 5.74) is 1.84. The number of fused-ring (bicyclic) bond motifs is 1. The lowest BCUT2D eigenvalue weighted by Gasteiger charge is -2.20. The van der Waals surface area contributed by atoms with Crippen molar-refractivity contribution in [1.29, 1.82) is 5.41 Å². The first-order valence-electron chi connectivity index (χ1n) is 11.2. The quantitative estimate of drug-likeness (QED) is 0.353. The largest absolute Gasteiger partial charge is 0.493 e. The van der Waals surface area contributed by atoms with Gasteiger partial charge in [0.05, 0.1) is 12.7 Å². The molecule has 180 valence electrons. The number of hydrazone groups is 1. The highest BCUT2D eigenvalue weighted by Crippen LogP contribution is 2.31. The molecular formula is C27H22N4O4S. The number of methoxy groups -OCH3 is 1. The van der Waals surface area contributed by atoms with Crippen molar-refractivity contribution >= 4 is 39.8 Å². The highest BCUT2D eigenvalue weighted by atomic mass is 32.2. The first-order valence-corrected chi connectivity index (χ1v) is 12.0. The summed E-state index contributed by atoms with van der Waals surface area (Å²) in [5, 5.41) is 15.5. The minimum atomic E-state index is -0.461. The van der Waals surface area contributed by atoms with E-state index < -0.39 is 5.91 Å². The lowest BCUT2D eigenvalue weighted by Crippen LogP contribution is -2.35. The van der Waals surface area contributed by atoms with Crippen LogP contribution in [0.15, 0.2) is 94.5 Å². The van der Waals surface area contributed by atoms with Crippen LogP contribution in [0.3, 0.4) is 0 Å². The maximum absolute atomic E-state index is 12.7. The summed E-state index contributed by atoms with van der Waals surface area (Å²) in [6.07, 6.45) is 1.64. The van der Waals surface area contributed by atoms with Crippen LogP contribution in [-0.4, -0.2) is 47.3 Å².